The van der Waals surface area contributed by atoms with Crippen molar-refractivity contribution in [1.82, 2.24) is 19.6 Å². The molecular weight excluding hydrogens is 284 g/mol. The van der Waals surface area contributed by atoms with Gasteiger partial charge in [0.1, 0.15) is 0 Å². The Morgan fingerprint density at radius 1 is 0.522 bits per heavy atom. The second kappa shape index (κ2) is 7.81. The van der Waals surface area contributed by atoms with Crippen LogP contribution in [0.2, 0.25) is 0 Å². The smallest absolute Gasteiger partial charge is 0.0126 e. The van der Waals surface area contributed by atoms with E-state index < -0.39 is 0 Å². The molecule has 2 heterocycles. The average Bonchev–Trinajstić information content (AvgIpc) is 2.46. The van der Waals surface area contributed by atoms with E-state index in [9.17, 15) is 0 Å². The third-order valence-electron chi connectivity index (χ3n) is 5.59. The summed E-state index contributed by atoms with van der Waals surface area (Å²) in [6.07, 6.45) is 1.32. The molecule has 2 fully saturated rings. The summed E-state index contributed by atoms with van der Waals surface area (Å²) in [5.41, 5.74) is 0.664. The highest BCUT2D eigenvalue weighted by Crippen LogP contribution is 2.17. The molecule has 2 aliphatic rings. The highest BCUT2D eigenvalue weighted by Gasteiger charge is 2.27. The molecule has 2 rings (SSSR count). The van der Waals surface area contributed by atoms with Crippen LogP contribution in [0.5, 0.6) is 0 Å². The van der Waals surface area contributed by atoms with E-state index >= 15 is 0 Å². The van der Waals surface area contributed by atoms with E-state index in [1.807, 2.05) is 0 Å². The van der Waals surface area contributed by atoms with E-state index in [0.717, 1.165) is 0 Å². The first-order valence-electron chi connectivity index (χ1n) is 9.61. The van der Waals surface area contributed by atoms with Gasteiger partial charge in [-0.2, -0.15) is 0 Å². The molecule has 2 aliphatic heterocycles. The van der Waals surface area contributed by atoms with Gasteiger partial charge in [-0.15, -0.1) is 0 Å². The van der Waals surface area contributed by atoms with Crippen LogP contribution in [0.3, 0.4) is 0 Å². The first kappa shape index (κ1) is 19.2. The fraction of sp³-hybridized carbons (Fsp3) is 1.00. The molecule has 0 aromatic carbocycles. The topological polar surface area (TPSA) is 13.0 Å². The molecular formula is C19H40N4. The summed E-state index contributed by atoms with van der Waals surface area (Å²) in [5.74, 6) is 0. The van der Waals surface area contributed by atoms with Crippen LogP contribution in [-0.2, 0) is 0 Å². The minimum Gasteiger partial charge on any atom is -0.301 e. The molecule has 0 bridgehead atoms. The number of hydrogen-bond acceptors (Lipinski definition) is 4. The van der Waals surface area contributed by atoms with Crippen LogP contribution < -0.4 is 0 Å². The van der Waals surface area contributed by atoms with Crippen molar-refractivity contribution in [1.29, 1.82) is 0 Å². The molecule has 0 radical (unpaired) electrons. The monoisotopic (exact) mass is 324 g/mol. The molecule has 0 saturated carbocycles. The van der Waals surface area contributed by atoms with Crippen LogP contribution >= 0.6 is 0 Å². The third kappa shape index (κ3) is 6.00. The highest BCUT2D eigenvalue weighted by molar-refractivity contribution is 4.83. The zero-order valence-electron chi connectivity index (χ0n) is 16.6. The molecule has 2 saturated heterocycles. The van der Waals surface area contributed by atoms with Crippen molar-refractivity contribution < 1.29 is 0 Å². The quantitative estimate of drug-likeness (QED) is 0.786. The molecule has 4 nitrogen and oxygen atoms in total. The molecule has 0 aliphatic carbocycles. The maximum absolute atomic E-state index is 2.66. The third-order valence-corrected chi connectivity index (χ3v) is 5.59. The summed E-state index contributed by atoms with van der Waals surface area (Å²) >= 11 is 0. The van der Waals surface area contributed by atoms with Gasteiger partial charge in [0.2, 0.25) is 0 Å². The maximum atomic E-state index is 2.66. The number of piperazine rings is 2. The van der Waals surface area contributed by atoms with E-state index in [2.05, 4.69) is 61.1 Å². The van der Waals surface area contributed by atoms with Gasteiger partial charge in [0.25, 0.3) is 0 Å². The lowest BCUT2D eigenvalue weighted by Gasteiger charge is -2.43. The second-order valence-corrected chi connectivity index (χ2v) is 9.35. The first-order chi connectivity index (χ1) is 10.7. The van der Waals surface area contributed by atoms with E-state index in [1.54, 1.807) is 0 Å². The van der Waals surface area contributed by atoms with Gasteiger partial charge in [-0.05, 0) is 61.1 Å². The SMILES string of the molecule is CC(C)(C)N1CCN(CCCN2CCN(C(C)(C)C)CC2)CC1. The number of rotatable bonds is 4. The van der Waals surface area contributed by atoms with Gasteiger partial charge in [-0.1, -0.05) is 0 Å². The zero-order valence-corrected chi connectivity index (χ0v) is 16.6. The Morgan fingerprint density at radius 3 is 1.09 bits per heavy atom. The van der Waals surface area contributed by atoms with Gasteiger partial charge in [0.05, 0.1) is 0 Å². The van der Waals surface area contributed by atoms with Gasteiger partial charge in [0, 0.05) is 63.4 Å². The normalized spacial score (nSPS) is 24.3. The Labute approximate surface area is 144 Å². The van der Waals surface area contributed by atoms with Gasteiger partial charge >= 0.3 is 0 Å². The molecule has 136 valence electrons. The van der Waals surface area contributed by atoms with Crippen molar-refractivity contribution in [3.05, 3.63) is 0 Å². The Bertz CT molecular complexity index is 305. The Hall–Kier alpha value is -0.160. The van der Waals surface area contributed by atoms with Crippen LogP contribution in [0.25, 0.3) is 0 Å². The van der Waals surface area contributed by atoms with Crippen LogP contribution in [0.15, 0.2) is 0 Å². The number of nitrogens with zero attached hydrogens (tertiary/aromatic N) is 4. The molecule has 0 aromatic heterocycles. The molecule has 0 atom stereocenters. The maximum Gasteiger partial charge on any atom is 0.0126 e. The fourth-order valence-corrected chi connectivity index (χ4v) is 3.80. The van der Waals surface area contributed by atoms with Crippen molar-refractivity contribution >= 4 is 0 Å². The largest absolute Gasteiger partial charge is 0.301 e. The molecule has 4 heteroatoms. The number of hydrogen-bond donors (Lipinski definition) is 0. The van der Waals surface area contributed by atoms with E-state index in [4.69, 9.17) is 0 Å². The highest BCUT2D eigenvalue weighted by atomic mass is 15.3. The summed E-state index contributed by atoms with van der Waals surface area (Å²) in [6.45, 7) is 26.4. The average molecular weight is 325 g/mol. The van der Waals surface area contributed by atoms with Gasteiger partial charge < -0.3 is 9.80 Å². The molecule has 0 amide bonds. The van der Waals surface area contributed by atoms with E-state index in [-0.39, 0.29) is 0 Å². The van der Waals surface area contributed by atoms with Crippen molar-refractivity contribution in [2.45, 2.75) is 59.0 Å². The predicted octanol–water partition coefficient (Wildman–Crippen LogP) is 2.21. The fourth-order valence-electron chi connectivity index (χ4n) is 3.80. The van der Waals surface area contributed by atoms with Crippen LogP contribution in [-0.4, -0.2) is 96.1 Å². The lowest BCUT2D eigenvalue weighted by Crippen LogP contribution is -2.54. The van der Waals surface area contributed by atoms with Crippen molar-refractivity contribution in [3.8, 4) is 0 Å². The van der Waals surface area contributed by atoms with Crippen molar-refractivity contribution in [2.75, 3.05) is 65.4 Å². The predicted molar refractivity (Wildman–Crippen MR) is 100 cm³/mol. The minimum atomic E-state index is 0.332. The van der Waals surface area contributed by atoms with Gasteiger partial charge in [-0.3, -0.25) is 9.80 Å². The van der Waals surface area contributed by atoms with Crippen molar-refractivity contribution in [2.24, 2.45) is 0 Å². The molecule has 23 heavy (non-hydrogen) atoms. The molecule has 0 spiro atoms. The first-order valence-corrected chi connectivity index (χ1v) is 9.61. The van der Waals surface area contributed by atoms with Crippen molar-refractivity contribution in [3.63, 3.8) is 0 Å². The summed E-state index contributed by atoms with van der Waals surface area (Å²) in [7, 11) is 0. The standard InChI is InChI=1S/C19H40N4/c1-18(2,3)22-14-10-20(11-15-22)8-7-9-21-12-16-23(17-13-21)19(4,5)6/h7-17H2,1-6H3. The zero-order chi connectivity index (χ0) is 17.1. The molecule has 0 unspecified atom stereocenters. The van der Waals surface area contributed by atoms with Crippen LogP contribution in [0.4, 0.5) is 0 Å². The van der Waals surface area contributed by atoms with Gasteiger partial charge in [-0.25, -0.2) is 0 Å². The summed E-state index contributed by atoms with van der Waals surface area (Å²) in [5, 5.41) is 0. The van der Waals surface area contributed by atoms with Crippen LogP contribution in [0.1, 0.15) is 48.0 Å². The lowest BCUT2D eigenvalue weighted by atomic mass is 10.0. The lowest BCUT2D eigenvalue weighted by molar-refractivity contribution is 0.0502. The summed E-state index contributed by atoms with van der Waals surface area (Å²) < 4.78 is 0. The Kier molecular flexibility index (Phi) is 6.51. The summed E-state index contributed by atoms with van der Waals surface area (Å²) in [4.78, 5) is 10.6. The minimum absolute atomic E-state index is 0.332. The van der Waals surface area contributed by atoms with Crippen LogP contribution in [0, 0.1) is 0 Å². The second-order valence-electron chi connectivity index (χ2n) is 9.35. The van der Waals surface area contributed by atoms with Gasteiger partial charge in [0.15, 0.2) is 0 Å². The van der Waals surface area contributed by atoms with E-state index in [1.165, 1.54) is 71.9 Å². The molecule has 0 aromatic rings. The summed E-state index contributed by atoms with van der Waals surface area (Å²) in [6, 6.07) is 0. The Morgan fingerprint density at radius 2 is 0.826 bits per heavy atom. The van der Waals surface area contributed by atoms with E-state index in [0.29, 0.717) is 11.1 Å². The Balaban J connectivity index is 1.59. The molecule has 0 N–H and O–H groups in total.